The Hall–Kier alpha value is -3.56. The van der Waals surface area contributed by atoms with Crippen LogP contribution in [0.2, 0.25) is 0 Å². The largest absolute Gasteiger partial charge is 0.454 e. The van der Waals surface area contributed by atoms with Crippen LogP contribution in [0.4, 0.5) is 0 Å². The van der Waals surface area contributed by atoms with Crippen LogP contribution in [0.25, 0.3) is 11.2 Å². The summed E-state index contributed by atoms with van der Waals surface area (Å²) in [5.74, 6) is 1.69. The van der Waals surface area contributed by atoms with E-state index in [1.54, 1.807) is 30.1 Å². The Labute approximate surface area is 170 Å². The predicted octanol–water partition coefficient (Wildman–Crippen LogP) is 0.709. The standard InChI is InChI=1S/C20H21N5O5/c1-23-17-15(19(27)24(2)20(23)28)21-16(22-17)12-4-3-7-25(9-12)18(26)11-5-6-13-14(8-11)30-10-29-13/h5-6,8,12H,3-4,7,9-10H2,1-2H3,(H,21,22). The van der Waals surface area contributed by atoms with Crippen LogP contribution >= 0.6 is 0 Å². The lowest BCUT2D eigenvalue weighted by atomic mass is 9.96. The van der Waals surface area contributed by atoms with Crippen LogP contribution in [0.15, 0.2) is 27.8 Å². The smallest absolute Gasteiger partial charge is 0.332 e. The number of hydrogen-bond donors (Lipinski definition) is 1. The first kappa shape index (κ1) is 18.5. The lowest BCUT2D eigenvalue weighted by molar-refractivity contribution is 0.0704. The molecule has 10 heteroatoms. The molecule has 2 aliphatic rings. The number of benzene rings is 1. The van der Waals surface area contributed by atoms with Gasteiger partial charge in [-0.25, -0.2) is 9.78 Å². The van der Waals surface area contributed by atoms with Gasteiger partial charge in [0.2, 0.25) is 6.79 Å². The quantitative estimate of drug-likeness (QED) is 0.665. The molecule has 0 saturated carbocycles. The van der Waals surface area contributed by atoms with Gasteiger partial charge in [0, 0.05) is 38.7 Å². The number of piperidine rings is 1. The maximum Gasteiger partial charge on any atom is 0.332 e. The van der Waals surface area contributed by atoms with E-state index in [1.165, 1.54) is 11.6 Å². The monoisotopic (exact) mass is 411 g/mol. The zero-order valence-corrected chi connectivity index (χ0v) is 16.7. The number of imidazole rings is 1. The van der Waals surface area contributed by atoms with Crippen LogP contribution in [0.1, 0.15) is 34.9 Å². The van der Waals surface area contributed by atoms with Crippen molar-refractivity contribution in [3.05, 3.63) is 50.4 Å². The summed E-state index contributed by atoms with van der Waals surface area (Å²) >= 11 is 0. The molecule has 2 aromatic heterocycles. The number of ether oxygens (including phenoxy) is 2. The van der Waals surface area contributed by atoms with Crippen LogP contribution in [-0.4, -0.2) is 49.8 Å². The normalized spacial score (nSPS) is 18.2. The minimum atomic E-state index is -0.422. The lowest BCUT2D eigenvalue weighted by Crippen LogP contribution is -2.39. The zero-order chi connectivity index (χ0) is 21.0. The minimum Gasteiger partial charge on any atom is -0.454 e. The minimum absolute atomic E-state index is 0.0519. The van der Waals surface area contributed by atoms with Crippen molar-refractivity contribution in [3.8, 4) is 11.5 Å². The number of rotatable bonds is 2. The van der Waals surface area contributed by atoms with Crippen LogP contribution in [0.3, 0.4) is 0 Å². The molecule has 1 fully saturated rings. The Morgan fingerprint density at radius 2 is 1.97 bits per heavy atom. The summed E-state index contributed by atoms with van der Waals surface area (Å²) in [5.41, 5.74) is 0.344. The predicted molar refractivity (Wildman–Crippen MR) is 107 cm³/mol. The number of nitrogens with zero attached hydrogens (tertiary/aromatic N) is 4. The number of aromatic nitrogens is 4. The highest BCUT2D eigenvalue weighted by atomic mass is 16.7. The third-order valence-corrected chi connectivity index (χ3v) is 5.83. The van der Waals surface area contributed by atoms with Crippen molar-refractivity contribution < 1.29 is 14.3 Å². The third kappa shape index (κ3) is 2.78. The van der Waals surface area contributed by atoms with Gasteiger partial charge < -0.3 is 19.4 Å². The van der Waals surface area contributed by atoms with E-state index in [1.807, 2.05) is 0 Å². The van der Waals surface area contributed by atoms with Gasteiger partial charge in [-0.2, -0.15) is 0 Å². The van der Waals surface area contributed by atoms with E-state index in [0.717, 1.165) is 17.4 Å². The molecule has 1 amide bonds. The first-order chi connectivity index (χ1) is 14.4. The van der Waals surface area contributed by atoms with E-state index in [9.17, 15) is 14.4 Å². The number of H-pyrrole nitrogens is 1. The summed E-state index contributed by atoms with van der Waals surface area (Å²) in [7, 11) is 3.03. The molecular weight excluding hydrogens is 390 g/mol. The van der Waals surface area contributed by atoms with Crippen molar-refractivity contribution in [1.29, 1.82) is 0 Å². The summed E-state index contributed by atoms with van der Waals surface area (Å²) in [6, 6.07) is 5.18. The van der Waals surface area contributed by atoms with E-state index >= 15 is 0 Å². The molecular formula is C20H21N5O5. The van der Waals surface area contributed by atoms with Gasteiger partial charge in [0.05, 0.1) is 0 Å². The molecule has 0 radical (unpaired) electrons. The van der Waals surface area contributed by atoms with Crippen LogP contribution in [0, 0.1) is 0 Å². The second-order valence-corrected chi connectivity index (χ2v) is 7.68. The Balaban J connectivity index is 1.44. The number of carbonyl (C=O) groups is 1. The second-order valence-electron chi connectivity index (χ2n) is 7.68. The number of fused-ring (bicyclic) bond motifs is 2. The summed E-state index contributed by atoms with van der Waals surface area (Å²) < 4.78 is 13.1. The van der Waals surface area contributed by atoms with Crippen molar-refractivity contribution in [2.24, 2.45) is 14.1 Å². The topological polar surface area (TPSA) is 111 Å². The van der Waals surface area contributed by atoms with Gasteiger partial charge in [-0.1, -0.05) is 0 Å². The number of carbonyl (C=O) groups excluding carboxylic acids is 1. The van der Waals surface area contributed by atoms with Crippen molar-refractivity contribution in [1.82, 2.24) is 24.0 Å². The fraction of sp³-hybridized carbons (Fsp3) is 0.400. The third-order valence-electron chi connectivity index (χ3n) is 5.83. The molecule has 30 heavy (non-hydrogen) atoms. The van der Waals surface area contributed by atoms with E-state index in [-0.39, 0.29) is 18.6 Å². The summed E-state index contributed by atoms with van der Waals surface area (Å²) in [6.45, 7) is 1.28. The summed E-state index contributed by atoms with van der Waals surface area (Å²) in [4.78, 5) is 47.1. The number of amides is 1. The molecule has 0 aliphatic carbocycles. The average molecular weight is 411 g/mol. The van der Waals surface area contributed by atoms with Gasteiger partial charge in [-0.3, -0.25) is 18.7 Å². The first-order valence-electron chi connectivity index (χ1n) is 9.78. The number of likely N-dealkylation sites (tertiary alicyclic amines) is 1. The molecule has 0 spiro atoms. The van der Waals surface area contributed by atoms with Crippen LogP contribution in [-0.2, 0) is 14.1 Å². The van der Waals surface area contributed by atoms with E-state index in [0.29, 0.717) is 47.1 Å². The van der Waals surface area contributed by atoms with Crippen molar-refractivity contribution in [2.75, 3.05) is 19.9 Å². The summed E-state index contributed by atoms with van der Waals surface area (Å²) in [5, 5.41) is 0. The fourth-order valence-corrected chi connectivity index (χ4v) is 4.13. The van der Waals surface area contributed by atoms with E-state index in [4.69, 9.17) is 9.47 Å². The molecule has 4 heterocycles. The van der Waals surface area contributed by atoms with Crippen molar-refractivity contribution in [2.45, 2.75) is 18.8 Å². The number of hydrogen-bond acceptors (Lipinski definition) is 6. The Kier molecular flexibility index (Phi) is 4.16. The van der Waals surface area contributed by atoms with Gasteiger partial charge in [0.25, 0.3) is 11.5 Å². The van der Waals surface area contributed by atoms with Crippen molar-refractivity contribution in [3.63, 3.8) is 0 Å². The van der Waals surface area contributed by atoms with Gasteiger partial charge in [-0.05, 0) is 31.0 Å². The highest BCUT2D eigenvalue weighted by Crippen LogP contribution is 2.33. The number of nitrogens with one attached hydrogen (secondary N) is 1. The lowest BCUT2D eigenvalue weighted by Gasteiger charge is -2.32. The molecule has 3 aromatic rings. The SMILES string of the molecule is Cn1c(=O)c2[nH]c(C3CCCN(C(=O)c4ccc5c(c4)OCO5)C3)nc2n(C)c1=O. The van der Waals surface area contributed by atoms with Gasteiger partial charge in [0.15, 0.2) is 17.1 Å². The zero-order valence-electron chi connectivity index (χ0n) is 16.7. The Morgan fingerprint density at radius 3 is 2.80 bits per heavy atom. The first-order valence-corrected chi connectivity index (χ1v) is 9.78. The molecule has 0 bridgehead atoms. The molecule has 1 atom stereocenters. The molecule has 5 rings (SSSR count). The fourth-order valence-electron chi connectivity index (χ4n) is 4.13. The van der Waals surface area contributed by atoms with Gasteiger partial charge in [0.1, 0.15) is 11.3 Å². The highest BCUT2D eigenvalue weighted by molar-refractivity contribution is 5.95. The highest BCUT2D eigenvalue weighted by Gasteiger charge is 2.29. The molecule has 1 N–H and O–H groups in total. The molecule has 2 aliphatic heterocycles. The van der Waals surface area contributed by atoms with Crippen molar-refractivity contribution >= 4 is 17.1 Å². The maximum absolute atomic E-state index is 13.0. The van der Waals surface area contributed by atoms with Gasteiger partial charge in [-0.15, -0.1) is 0 Å². The Bertz CT molecular complexity index is 1290. The molecule has 10 nitrogen and oxygen atoms in total. The summed E-state index contributed by atoms with van der Waals surface area (Å²) in [6.07, 6.45) is 1.65. The van der Waals surface area contributed by atoms with Gasteiger partial charge >= 0.3 is 5.69 Å². The molecule has 1 unspecified atom stereocenters. The van der Waals surface area contributed by atoms with Crippen LogP contribution in [0.5, 0.6) is 11.5 Å². The molecule has 1 aromatic carbocycles. The average Bonchev–Trinajstić information content (AvgIpc) is 3.42. The van der Waals surface area contributed by atoms with E-state index < -0.39 is 11.2 Å². The maximum atomic E-state index is 13.0. The Morgan fingerprint density at radius 1 is 1.17 bits per heavy atom. The number of aryl methyl sites for hydroxylation is 1. The van der Waals surface area contributed by atoms with Crippen LogP contribution < -0.4 is 20.7 Å². The number of aromatic amines is 1. The second kappa shape index (κ2) is 6.75. The molecule has 1 saturated heterocycles. The molecule has 156 valence electrons. The van der Waals surface area contributed by atoms with E-state index in [2.05, 4.69) is 9.97 Å².